The Morgan fingerprint density at radius 1 is 0.900 bits per heavy atom. The van der Waals surface area contributed by atoms with Gasteiger partial charge >= 0.3 is 0 Å². The van der Waals surface area contributed by atoms with Crippen LogP contribution in [0.5, 0.6) is 23.0 Å². The van der Waals surface area contributed by atoms with Crippen molar-refractivity contribution in [1.82, 2.24) is 4.57 Å². The van der Waals surface area contributed by atoms with Gasteiger partial charge in [-0.1, -0.05) is 12.1 Å². The maximum absolute atomic E-state index is 13.0. The molecule has 1 N–H and O–H groups in total. The van der Waals surface area contributed by atoms with Crippen molar-refractivity contribution in [3.05, 3.63) is 66.5 Å². The third-order valence-corrected chi connectivity index (χ3v) is 4.84. The fourth-order valence-corrected chi connectivity index (χ4v) is 3.39. The van der Waals surface area contributed by atoms with Gasteiger partial charge in [0.25, 0.3) is 0 Å². The number of benzene rings is 2. The zero-order valence-corrected chi connectivity index (χ0v) is 17.5. The predicted molar refractivity (Wildman–Crippen MR) is 115 cm³/mol. The summed E-state index contributed by atoms with van der Waals surface area (Å²) in [6.45, 7) is 0. The van der Waals surface area contributed by atoms with E-state index in [-0.39, 0.29) is 18.4 Å². The Hall–Kier alpha value is -3.61. The molecule has 0 aliphatic carbocycles. The second-order valence-electron chi connectivity index (χ2n) is 6.55. The van der Waals surface area contributed by atoms with E-state index >= 15 is 0 Å². The van der Waals surface area contributed by atoms with Gasteiger partial charge in [-0.2, -0.15) is 0 Å². The molecule has 30 heavy (non-hydrogen) atoms. The van der Waals surface area contributed by atoms with Crippen LogP contribution in [0.3, 0.4) is 0 Å². The smallest absolute Gasteiger partial charge is 0.226 e. The molecule has 0 fully saturated rings. The molecule has 7 nitrogen and oxygen atoms in total. The van der Waals surface area contributed by atoms with Crippen LogP contribution in [0.15, 0.2) is 60.9 Å². The lowest BCUT2D eigenvalue weighted by Gasteiger charge is -2.23. The van der Waals surface area contributed by atoms with Gasteiger partial charge < -0.3 is 28.8 Å². The van der Waals surface area contributed by atoms with Crippen molar-refractivity contribution in [1.29, 1.82) is 0 Å². The highest BCUT2D eigenvalue weighted by molar-refractivity contribution is 5.93. The molecule has 3 rings (SSSR count). The summed E-state index contributed by atoms with van der Waals surface area (Å²) in [5.74, 6) is 2.22. The van der Waals surface area contributed by atoms with Gasteiger partial charge in [0.15, 0.2) is 11.5 Å². The Balaban J connectivity index is 1.92. The van der Waals surface area contributed by atoms with Crippen LogP contribution in [-0.4, -0.2) is 38.9 Å². The standard InChI is InChI=1S/C23H26N2O5/c1-27-16-10-11-20(28-2)18(14-16)24-22(26)15-19(25-12-5-6-13-25)17-8-7-9-21(29-3)23(17)30-4/h5-14,19H,15H2,1-4H3,(H,24,26)/t19-/m1/s1. The van der Waals surface area contributed by atoms with Crippen molar-refractivity contribution < 1.29 is 23.7 Å². The lowest BCUT2D eigenvalue weighted by molar-refractivity contribution is -0.116. The molecule has 1 atom stereocenters. The number of hydrogen-bond acceptors (Lipinski definition) is 5. The topological polar surface area (TPSA) is 71.0 Å². The molecule has 0 radical (unpaired) electrons. The van der Waals surface area contributed by atoms with Crippen LogP contribution in [0.25, 0.3) is 0 Å². The van der Waals surface area contributed by atoms with Crippen LogP contribution in [0.4, 0.5) is 5.69 Å². The first-order valence-electron chi connectivity index (χ1n) is 9.46. The Bertz CT molecular complexity index is 985. The Morgan fingerprint density at radius 2 is 1.63 bits per heavy atom. The number of nitrogens with zero attached hydrogens (tertiary/aromatic N) is 1. The van der Waals surface area contributed by atoms with Crippen molar-refractivity contribution in [3.63, 3.8) is 0 Å². The van der Waals surface area contributed by atoms with Crippen LogP contribution in [0, 0.1) is 0 Å². The molecule has 1 amide bonds. The number of nitrogens with one attached hydrogen (secondary N) is 1. The van der Waals surface area contributed by atoms with Gasteiger partial charge in [0.2, 0.25) is 5.91 Å². The summed E-state index contributed by atoms with van der Waals surface area (Å²) in [5, 5.41) is 2.94. The lowest BCUT2D eigenvalue weighted by atomic mass is 10.0. The normalized spacial score (nSPS) is 11.5. The van der Waals surface area contributed by atoms with E-state index in [1.54, 1.807) is 46.6 Å². The summed E-state index contributed by atoms with van der Waals surface area (Å²) in [6.07, 6.45) is 4.02. The number of methoxy groups -OCH3 is 4. The second kappa shape index (κ2) is 9.73. The molecule has 0 saturated heterocycles. The predicted octanol–water partition coefficient (Wildman–Crippen LogP) is 4.14. The van der Waals surface area contributed by atoms with Crippen molar-refractivity contribution in [2.45, 2.75) is 12.5 Å². The van der Waals surface area contributed by atoms with Gasteiger partial charge in [-0.25, -0.2) is 0 Å². The molecule has 0 aliphatic heterocycles. The highest BCUT2D eigenvalue weighted by Gasteiger charge is 2.23. The van der Waals surface area contributed by atoms with Gasteiger partial charge in [0.1, 0.15) is 11.5 Å². The zero-order valence-electron chi connectivity index (χ0n) is 17.5. The van der Waals surface area contributed by atoms with E-state index in [0.717, 1.165) is 5.56 Å². The van der Waals surface area contributed by atoms with E-state index in [9.17, 15) is 4.79 Å². The Labute approximate surface area is 176 Å². The number of hydrogen-bond donors (Lipinski definition) is 1. The van der Waals surface area contributed by atoms with Gasteiger partial charge in [-0.05, 0) is 30.3 Å². The molecule has 158 valence electrons. The quantitative estimate of drug-likeness (QED) is 0.574. The average Bonchev–Trinajstić information content (AvgIpc) is 3.31. The molecular weight excluding hydrogens is 384 g/mol. The highest BCUT2D eigenvalue weighted by atomic mass is 16.5. The summed E-state index contributed by atoms with van der Waals surface area (Å²) in [6, 6.07) is 14.5. The molecular formula is C23H26N2O5. The molecule has 1 heterocycles. The number of para-hydroxylation sites is 1. The first-order chi connectivity index (χ1) is 14.6. The van der Waals surface area contributed by atoms with Gasteiger partial charge in [-0.15, -0.1) is 0 Å². The second-order valence-corrected chi connectivity index (χ2v) is 6.55. The lowest BCUT2D eigenvalue weighted by Crippen LogP contribution is -2.20. The molecule has 0 aliphatic rings. The molecule has 0 bridgehead atoms. The summed E-state index contributed by atoms with van der Waals surface area (Å²) in [4.78, 5) is 13.0. The summed E-state index contributed by atoms with van der Waals surface area (Å²) >= 11 is 0. The van der Waals surface area contributed by atoms with Crippen LogP contribution in [-0.2, 0) is 4.79 Å². The third-order valence-electron chi connectivity index (χ3n) is 4.84. The maximum Gasteiger partial charge on any atom is 0.226 e. The van der Waals surface area contributed by atoms with E-state index in [4.69, 9.17) is 18.9 Å². The van der Waals surface area contributed by atoms with Crippen LogP contribution >= 0.6 is 0 Å². The molecule has 0 unspecified atom stereocenters. The maximum atomic E-state index is 13.0. The first kappa shape index (κ1) is 21.1. The van der Waals surface area contributed by atoms with E-state index in [1.807, 2.05) is 47.3 Å². The number of carbonyl (C=O) groups is 1. The molecule has 0 saturated carbocycles. The summed E-state index contributed by atoms with van der Waals surface area (Å²) < 4.78 is 23.6. The van der Waals surface area contributed by atoms with Gasteiger partial charge in [0, 0.05) is 24.0 Å². The van der Waals surface area contributed by atoms with Crippen molar-refractivity contribution in [2.75, 3.05) is 33.8 Å². The number of aromatic nitrogens is 1. The minimum atomic E-state index is -0.290. The van der Waals surface area contributed by atoms with Crippen molar-refractivity contribution in [3.8, 4) is 23.0 Å². The van der Waals surface area contributed by atoms with E-state index in [1.165, 1.54) is 0 Å². The minimum Gasteiger partial charge on any atom is -0.497 e. The molecule has 3 aromatic rings. The van der Waals surface area contributed by atoms with Crippen LogP contribution in [0.1, 0.15) is 18.0 Å². The molecule has 7 heteroatoms. The van der Waals surface area contributed by atoms with Crippen molar-refractivity contribution >= 4 is 11.6 Å². The van der Waals surface area contributed by atoms with E-state index < -0.39 is 0 Å². The molecule has 0 spiro atoms. The van der Waals surface area contributed by atoms with E-state index in [2.05, 4.69) is 5.32 Å². The largest absolute Gasteiger partial charge is 0.497 e. The molecule has 1 aromatic heterocycles. The highest BCUT2D eigenvalue weighted by Crippen LogP contribution is 2.38. The summed E-state index contributed by atoms with van der Waals surface area (Å²) in [5.41, 5.74) is 1.39. The zero-order chi connectivity index (χ0) is 21.5. The number of carbonyl (C=O) groups excluding carboxylic acids is 1. The Kier molecular flexibility index (Phi) is 6.85. The fourth-order valence-electron chi connectivity index (χ4n) is 3.39. The molecule has 2 aromatic carbocycles. The first-order valence-corrected chi connectivity index (χ1v) is 9.46. The monoisotopic (exact) mass is 410 g/mol. The van der Waals surface area contributed by atoms with Crippen LogP contribution in [0.2, 0.25) is 0 Å². The van der Waals surface area contributed by atoms with Crippen molar-refractivity contribution in [2.24, 2.45) is 0 Å². The van der Waals surface area contributed by atoms with E-state index in [0.29, 0.717) is 28.7 Å². The summed E-state index contributed by atoms with van der Waals surface area (Å²) in [7, 11) is 6.31. The SMILES string of the molecule is COc1ccc(OC)c(NC(=O)C[C@H](c2cccc(OC)c2OC)n2cccc2)c1. The number of anilines is 1. The number of rotatable bonds is 9. The van der Waals surface area contributed by atoms with Gasteiger partial charge in [-0.3, -0.25) is 4.79 Å². The third kappa shape index (κ3) is 4.51. The van der Waals surface area contributed by atoms with Gasteiger partial charge in [0.05, 0.1) is 46.6 Å². The number of amides is 1. The van der Waals surface area contributed by atoms with Crippen LogP contribution < -0.4 is 24.3 Å². The fraction of sp³-hybridized carbons (Fsp3) is 0.261. The minimum absolute atomic E-state index is 0.176. The number of ether oxygens (including phenoxy) is 4. The Morgan fingerprint density at radius 3 is 2.27 bits per heavy atom. The average molecular weight is 410 g/mol.